The van der Waals surface area contributed by atoms with Crippen LogP contribution in [0.5, 0.6) is 0 Å². The SMILES string of the molecule is CCCCCCCCCCCCOC(=O)CCN(CCC(=O)OCCCCCCCCCCCC)C(CC1=CCC=N1)C(=O)O. The van der Waals surface area contributed by atoms with Gasteiger partial charge in [-0.15, -0.1) is 0 Å². The maximum Gasteiger partial charge on any atom is 0.321 e. The van der Waals surface area contributed by atoms with E-state index in [-0.39, 0.29) is 44.3 Å². The highest BCUT2D eigenvalue weighted by Crippen LogP contribution is 2.18. The number of hydrogen-bond acceptors (Lipinski definition) is 7. The van der Waals surface area contributed by atoms with Crippen molar-refractivity contribution >= 4 is 24.1 Å². The predicted octanol–water partition coefficient (Wildman–Crippen LogP) is 9.20. The molecule has 45 heavy (non-hydrogen) atoms. The fourth-order valence-electron chi connectivity index (χ4n) is 5.71. The van der Waals surface area contributed by atoms with Crippen molar-refractivity contribution < 1.29 is 29.0 Å². The Bertz CT molecular complexity index is 786. The Labute approximate surface area is 274 Å². The van der Waals surface area contributed by atoms with Crippen LogP contribution in [0.1, 0.15) is 168 Å². The van der Waals surface area contributed by atoms with Crippen LogP contribution in [0.2, 0.25) is 0 Å². The number of esters is 2. The third kappa shape index (κ3) is 23.7. The number of nitrogens with zero attached hydrogens (tertiary/aromatic N) is 2. The van der Waals surface area contributed by atoms with Gasteiger partial charge < -0.3 is 14.6 Å². The minimum Gasteiger partial charge on any atom is -0.480 e. The van der Waals surface area contributed by atoms with Gasteiger partial charge >= 0.3 is 17.9 Å². The standard InChI is InChI=1S/C37H66N2O6/c1-3-5-7-9-11-13-15-17-19-21-30-44-35(40)25-28-39(34(37(42)43)32-33-24-23-27-38-33)29-26-36(41)45-31-22-20-18-16-14-12-10-8-6-4-2/h24,27,34H,3-23,25-26,28-32H2,1-2H3,(H,42,43). The van der Waals surface area contributed by atoms with Gasteiger partial charge in [-0.05, 0) is 12.8 Å². The molecule has 1 unspecified atom stereocenters. The van der Waals surface area contributed by atoms with E-state index in [9.17, 15) is 19.5 Å². The number of allylic oxidation sites excluding steroid dienone is 1. The molecule has 0 aromatic carbocycles. The quantitative estimate of drug-likeness (QED) is 0.0581. The van der Waals surface area contributed by atoms with Crippen LogP contribution >= 0.6 is 0 Å². The van der Waals surface area contributed by atoms with Gasteiger partial charge in [-0.2, -0.15) is 0 Å². The van der Waals surface area contributed by atoms with Crippen molar-refractivity contribution in [2.75, 3.05) is 26.3 Å². The lowest BCUT2D eigenvalue weighted by molar-refractivity contribution is -0.149. The minimum absolute atomic E-state index is 0.0809. The van der Waals surface area contributed by atoms with Crippen LogP contribution in [0.4, 0.5) is 0 Å². The van der Waals surface area contributed by atoms with Gasteiger partial charge in [-0.25, -0.2) is 0 Å². The fraction of sp³-hybridized carbons (Fsp3) is 0.838. The first-order chi connectivity index (χ1) is 22.0. The van der Waals surface area contributed by atoms with E-state index in [0.717, 1.165) is 44.2 Å². The van der Waals surface area contributed by atoms with E-state index in [0.29, 0.717) is 19.6 Å². The van der Waals surface area contributed by atoms with E-state index >= 15 is 0 Å². The van der Waals surface area contributed by atoms with Crippen LogP contribution in [0.25, 0.3) is 0 Å². The minimum atomic E-state index is -0.990. The second-order valence-corrected chi connectivity index (χ2v) is 12.6. The number of aliphatic imine (C=N–C) groups is 1. The molecule has 0 spiro atoms. The summed E-state index contributed by atoms with van der Waals surface area (Å²) >= 11 is 0. The Morgan fingerprint density at radius 2 is 1.09 bits per heavy atom. The van der Waals surface area contributed by atoms with Crippen molar-refractivity contribution in [3.8, 4) is 0 Å². The molecule has 0 saturated heterocycles. The summed E-state index contributed by atoms with van der Waals surface area (Å²) < 4.78 is 10.9. The summed E-state index contributed by atoms with van der Waals surface area (Å²) in [5.74, 6) is -1.65. The molecule has 0 radical (unpaired) electrons. The van der Waals surface area contributed by atoms with Crippen molar-refractivity contribution in [3.05, 3.63) is 11.8 Å². The number of carbonyl (C=O) groups excluding carboxylic acids is 2. The van der Waals surface area contributed by atoms with Crippen molar-refractivity contribution in [2.24, 2.45) is 4.99 Å². The van der Waals surface area contributed by atoms with Gasteiger partial charge in [0.05, 0.1) is 26.1 Å². The van der Waals surface area contributed by atoms with E-state index in [1.54, 1.807) is 11.1 Å². The second kappa shape index (κ2) is 29.2. The van der Waals surface area contributed by atoms with E-state index in [2.05, 4.69) is 18.8 Å². The van der Waals surface area contributed by atoms with Crippen LogP contribution in [-0.4, -0.2) is 66.5 Å². The number of ether oxygens (including phenoxy) is 2. The topological polar surface area (TPSA) is 106 Å². The summed E-state index contributed by atoms with van der Waals surface area (Å²) in [7, 11) is 0. The van der Waals surface area contributed by atoms with Crippen molar-refractivity contribution in [3.63, 3.8) is 0 Å². The third-order valence-corrected chi connectivity index (χ3v) is 8.57. The Morgan fingerprint density at radius 3 is 1.44 bits per heavy atom. The normalized spacial score (nSPS) is 13.3. The highest BCUT2D eigenvalue weighted by molar-refractivity contribution is 5.75. The summed E-state index contributed by atoms with van der Waals surface area (Å²) in [5, 5.41) is 10.0. The van der Waals surface area contributed by atoms with Crippen LogP contribution in [0.3, 0.4) is 0 Å². The molecular weight excluding hydrogens is 568 g/mol. The lowest BCUT2D eigenvalue weighted by Crippen LogP contribution is -2.43. The van der Waals surface area contributed by atoms with E-state index in [1.165, 1.54) is 89.9 Å². The summed E-state index contributed by atoms with van der Waals surface area (Å²) in [6, 6.07) is -0.879. The largest absolute Gasteiger partial charge is 0.480 e. The summed E-state index contributed by atoms with van der Waals surface area (Å²) in [4.78, 5) is 43.2. The monoisotopic (exact) mass is 634 g/mol. The maximum absolute atomic E-state index is 12.5. The zero-order valence-electron chi connectivity index (χ0n) is 28.9. The molecule has 0 aromatic heterocycles. The lowest BCUT2D eigenvalue weighted by atomic mass is 10.1. The smallest absolute Gasteiger partial charge is 0.321 e. The number of rotatable bonds is 32. The van der Waals surface area contributed by atoms with Gasteiger partial charge in [0, 0.05) is 37.8 Å². The molecule has 1 aliphatic heterocycles. The van der Waals surface area contributed by atoms with Crippen molar-refractivity contribution in [1.29, 1.82) is 0 Å². The number of carboxylic acid groups (broad SMARTS) is 1. The zero-order chi connectivity index (χ0) is 32.8. The molecular formula is C37H66N2O6. The number of unbranched alkanes of at least 4 members (excludes halogenated alkanes) is 18. The Hall–Kier alpha value is -2.22. The Kier molecular flexibility index (Phi) is 26.5. The number of aliphatic carboxylic acids is 1. The molecule has 0 aliphatic carbocycles. The van der Waals surface area contributed by atoms with Gasteiger partial charge in [0.15, 0.2) is 0 Å². The summed E-state index contributed by atoms with van der Waals surface area (Å²) in [6.45, 7) is 5.67. The molecule has 1 N–H and O–H groups in total. The average molecular weight is 635 g/mol. The second-order valence-electron chi connectivity index (χ2n) is 12.6. The zero-order valence-corrected chi connectivity index (χ0v) is 28.9. The number of carbonyl (C=O) groups is 3. The molecule has 8 nitrogen and oxygen atoms in total. The van der Waals surface area contributed by atoms with Crippen LogP contribution in [0.15, 0.2) is 16.8 Å². The molecule has 0 aromatic rings. The van der Waals surface area contributed by atoms with Gasteiger partial charge in [-0.1, -0.05) is 135 Å². The van der Waals surface area contributed by atoms with Crippen molar-refractivity contribution in [2.45, 2.75) is 174 Å². The molecule has 0 saturated carbocycles. The molecule has 1 aliphatic rings. The van der Waals surface area contributed by atoms with Crippen LogP contribution < -0.4 is 0 Å². The first kappa shape index (κ1) is 40.8. The average Bonchev–Trinajstić information content (AvgIpc) is 3.55. The highest BCUT2D eigenvalue weighted by atomic mass is 16.5. The number of hydrogen-bond donors (Lipinski definition) is 1. The molecule has 1 heterocycles. The van der Waals surface area contributed by atoms with Crippen LogP contribution in [-0.2, 0) is 23.9 Å². The van der Waals surface area contributed by atoms with Gasteiger partial charge in [0.25, 0.3) is 0 Å². The predicted molar refractivity (Wildman–Crippen MR) is 184 cm³/mol. The van der Waals surface area contributed by atoms with Gasteiger partial charge in [0.1, 0.15) is 6.04 Å². The first-order valence-corrected chi connectivity index (χ1v) is 18.5. The van der Waals surface area contributed by atoms with Crippen molar-refractivity contribution in [1.82, 2.24) is 4.90 Å². The molecule has 8 heteroatoms. The molecule has 260 valence electrons. The Balaban J connectivity index is 2.35. The van der Waals surface area contributed by atoms with Gasteiger partial charge in [0.2, 0.25) is 0 Å². The van der Waals surface area contributed by atoms with Gasteiger partial charge in [-0.3, -0.25) is 24.3 Å². The molecule has 0 fully saturated rings. The summed E-state index contributed by atoms with van der Waals surface area (Å²) in [5.41, 5.74) is 0.722. The highest BCUT2D eigenvalue weighted by Gasteiger charge is 2.28. The molecule has 1 atom stereocenters. The molecule has 0 bridgehead atoms. The van der Waals surface area contributed by atoms with E-state index < -0.39 is 12.0 Å². The Morgan fingerprint density at radius 1 is 0.689 bits per heavy atom. The van der Waals surface area contributed by atoms with Crippen LogP contribution in [0, 0.1) is 0 Å². The maximum atomic E-state index is 12.5. The van der Waals surface area contributed by atoms with E-state index in [4.69, 9.17) is 9.47 Å². The summed E-state index contributed by atoms with van der Waals surface area (Å²) in [6.07, 6.45) is 29.1. The fourth-order valence-corrected chi connectivity index (χ4v) is 5.71. The molecule has 0 amide bonds. The molecule has 1 rings (SSSR count). The first-order valence-electron chi connectivity index (χ1n) is 18.5. The van der Waals surface area contributed by atoms with E-state index in [1.807, 2.05) is 6.08 Å². The number of carboxylic acids is 1. The third-order valence-electron chi connectivity index (χ3n) is 8.57. The lowest BCUT2D eigenvalue weighted by Gasteiger charge is -2.28.